The molecular formula is C21H23N3O3. The lowest BCUT2D eigenvalue weighted by Crippen LogP contribution is -2.28. The number of hydrogen-bond donors (Lipinski definition) is 1. The van der Waals surface area contributed by atoms with Gasteiger partial charge in [0, 0.05) is 11.8 Å². The van der Waals surface area contributed by atoms with E-state index < -0.39 is 0 Å². The molecule has 0 saturated heterocycles. The standard InChI is InChI=1S/C21H23N3O3/c1-14(23-21(25)12-20-15(2)24-27-16(20)3)17-7-6-9-19(11-17)26-13-18-8-4-5-10-22-18/h4-11,14H,12-13H2,1-3H3,(H,23,25)/t14-/m1/s1. The molecule has 6 heteroatoms. The van der Waals surface area contributed by atoms with Gasteiger partial charge in [0.15, 0.2) is 0 Å². The zero-order valence-electron chi connectivity index (χ0n) is 15.7. The van der Waals surface area contributed by atoms with Gasteiger partial charge in [-0.25, -0.2) is 0 Å². The van der Waals surface area contributed by atoms with E-state index in [0.29, 0.717) is 12.4 Å². The predicted molar refractivity (Wildman–Crippen MR) is 101 cm³/mol. The van der Waals surface area contributed by atoms with Crippen LogP contribution in [0.3, 0.4) is 0 Å². The fourth-order valence-electron chi connectivity index (χ4n) is 2.81. The molecule has 0 aliphatic rings. The van der Waals surface area contributed by atoms with Crippen LogP contribution in [-0.4, -0.2) is 16.0 Å². The highest BCUT2D eigenvalue weighted by molar-refractivity contribution is 5.79. The second-order valence-electron chi connectivity index (χ2n) is 6.45. The summed E-state index contributed by atoms with van der Waals surface area (Å²) in [5, 5.41) is 6.90. The molecule has 140 valence electrons. The minimum absolute atomic E-state index is 0.0725. The predicted octanol–water partition coefficient (Wildman–Crippen LogP) is 3.69. The van der Waals surface area contributed by atoms with Gasteiger partial charge in [-0.05, 0) is 50.6 Å². The second kappa shape index (κ2) is 8.49. The molecule has 0 radical (unpaired) electrons. The summed E-state index contributed by atoms with van der Waals surface area (Å²) in [4.78, 5) is 16.6. The Labute approximate surface area is 158 Å². The van der Waals surface area contributed by atoms with Gasteiger partial charge in [0.1, 0.15) is 18.1 Å². The second-order valence-corrected chi connectivity index (χ2v) is 6.45. The van der Waals surface area contributed by atoms with E-state index in [1.807, 2.05) is 63.2 Å². The highest BCUT2D eigenvalue weighted by Crippen LogP contribution is 2.20. The number of amides is 1. The van der Waals surface area contributed by atoms with E-state index in [2.05, 4.69) is 15.5 Å². The van der Waals surface area contributed by atoms with Crippen molar-refractivity contribution in [3.8, 4) is 5.75 Å². The van der Waals surface area contributed by atoms with Crippen LogP contribution in [0, 0.1) is 13.8 Å². The van der Waals surface area contributed by atoms with Crippen molar-refractivity contribution in [2.75, 3.05) is 0 Å². The van der Waals surface area contributed by atoms with Crippen molar-refractivity contribution < 1.29 is 14.1 Å². The van der Waals surface area contributed by atoms with Gasteiger partial charge in [0.05, 0.1) is 23.9 Å². The Hall–Kier alpha value is -3.15. The first-order valence-corrected chi connectivity index (χ1v) is 8.86. The van der Waals surface area contributed by atoms with E-state index in [4.69, 9.17) is 9.26 Å². The third-order valence-electron chi connectivity index (χ3n) is 4.37. The zero-order valence-corrected chi connectivity index (χ0v) is 15.7. The molecule has 3 aromatic rings. The number of carbonyl (C=O) groups excluding carboxylic acids is 1. The van der Waals surface area contributed by atoms with E-state index in [-0.39, 0.29) is 18.4 Å². The topological polar surface area (TPSA) is 77.2 Å². The summed E-state index contributed by atoms with van der Waals surface area (Å²) >= 11 is 0. The Kier molecular flexibility index (Phi) is 5.86. The molecule has 6 nitrogen and oxygen atoms in total. The van der Waals surface area contributed by atoms with Crippen LogP contribution >= 0.6 is 0 Å². The van der Waals surface area contributed by atoms with Crippen LogP contribution in [0.1, 0.15) is 41.2 Å². The van der Waals surface area contributed by atoms with Crippen molar-refractivity contribution in [2.45, 2.75) is 39.8 Å². The lowest BCUT2D eigenvalue weighted by molar-refractivity contribution is -0.121. The Balaban J connectivity index is 1.59. The van der Waals surface area contributed by atoms with Crippen molar-refractivity contribution in [1.82, 2.24) is 15.5 Å². The maximum absolute atomic E-state index is 12.4. The van der Waals surface area contributed by atoms with E-state index in [1.165, 1.54) is 0 Å². The molecule has 0 aliphatic carbocycles. The summed E-state index contributed by atoms with van der Waals surface area (Å²) in [6.45, 7) is 6.00. The number of ether oxygens (including phenoxy) is 1. The van der Waals surface area contributed by atoms with Crippen molar-refractivity contribution in [3.63, 3.8) is 0 Å². The van der Waals surface area contributed by atoms with Gasteiger partial charge in [0.25, 0.3) is 0 Å². The minimum atomic E-state index is -0.142. The lowest BCUT2D eigenvalue weighted by Gasteiger charge is -2.15. The number of pyridine rings is 1. The normalized spacial score (nSPS) is 11.8. The largest absolute Gasteiger partial charge is 0.487 e. The zero-order chi connectivity index (χ0) is 19.2. The average molecular weight is 365 g/mol. The number of benzene rings is 1. The highest BCUT2D eigenvalue weighted by Gasteiger charge is 2.16. The fraction of sp³-hybridized carbons (Fsp3) is 0.286. The smallest absolute Gasteiger partial charge is 0.225 e. The minimum Gasteiger partial charge on any atom is -0.487 e. The first kappa shape index (κ1) is 18.6. The number of hydrogen-bond acceptors (Lipinski definition) is 5. The van der Waals surface area contributed by atoms with Gasteiger partial charge in [-0.3, -0.25) is 9.78 Å². The summed E-state index contributed by atoms with van der Waals surface area (Å²) in [5.41, 5.74) is 3.43. The van der Waals surface area contributed by atoms with Gasteiger partial charge >= 0.3 is 0 Å². The molecule has 27 heavy (non-hydrogen) atoms. The molecular weight excluding hydrogens is 342 g/mol. The van der Waals surface area contributed by atoms with Crippen LogP contribution in [0.15, 0.2) is 53.2 Å². The van der Waals surface area contributed by atoms with Crippen LogP contribution in [-0.2, 0) is 17.8 Å². The maximum atomic E-state index is 12.4. The maximum Gasteiger partial charge on any atom is 0.225 e. The molecule has 0 bridgehead atoms. The Morgan fingerprint density at radius 1 is 1.22 bits per heavy atom. The van der Waals surface area contributed by atoms with Crippen LogP contribution in [0.4, 0.5) is 0 Å². The quantitative estimate of drug-likeness (QED) is 0.691. The SMILES string of the molecule is Cc1noc(C)c1CC(=O)N[C@H](C)c1cccc(OCc2ccccn2)c1. The summed E-state index contributed by atoms with van der Waals surface area (Å²) in [6, 6.07) is 13.3. The number of aryl methyl sites for hydroxylation is 2. The van der Waals surface area contributed by atoms with E-state index >= 15 is 0 Å². The van der Waals surface area contributed by atoms with Gasteiger partial charge < -0.3 is 14.6 Å². The average Bonchev–Trinajstić information content (AvgIpc) is 2.99. The summed E-state index contributed by atoms with van der Waals surface area (Å²) in [5.74, 6) is 1.35. The number of nitrogens with zero attached hydrogens (tertiary/aromatic N) is 2. The van der Waals surface area contributed by atoms with Crippen molar-refractivity contribution >= 4 is 5.91 Å². The van der Waals surface area contributed by atoms with Crippen molar-refractivity contribution in [3.05, 3.63) is 76.9 Å². The van der Waals surface area contributed by atoms with Gasteiger partial charge in [0.2, 0.25) is 5.91 Å². The van der Waals surface area contributed by atoms with Crippen LogP contribution in [0.2, 0.25) is 0 Å². The summed E-state index contributed by atoms with van der Waals surface area (Å²) < 4.78 is 10.9. The third-order valence-corrected chi connectivity index (χ3v) is 4.37. The van der Waals surface area contributed by atoms with Crippen LogP contribution in [0.25, 0.3) is 0 Å². The number of rotatable bonds is 7. The number of nitrogens with one attached hydrogen (secondary N) is 1. The fourth-order valence-corrected chi connectivity index (χ4v) is 2.81. The van der Waals surface area contributed by atoms with Gasteiger partial charge in [-0.15, -0.1) is 0 Å². The molecule has 2 heterocycles. The highest BCUT2D eigenvalue weighted by atomic mass is 16.5. The van der Waals surface area contributed by atoms with Crippen LogP contribution in [0.5, 0.6) is 5.75 Å². The molecule has 1 N–H and O–H groups in total. The molecule has 2 aromatic heterocycles. The molecule has 0 fully saturated rings. The molecule has 0 aliphatic heterocycles. The van der Waals surface area contributed by atoms with Crippen LogP contribution < -0.4 is 10.1 Å². The van der Waals surface area contributed by atoms with Crippen molar-refractivity contribution in [1.29, 1.82) is 0 Å². The Morgan fingerprint density at radius 3 is 2.78 bits per heavy atom. The number of carbonyl (C=O) groups is 1. The van der Waals surface area contributed by atoms with E-state index in [1.54, 1.807) is 6.20 Å². The monoisotopic (exact) mass is 365 g/mol. The van der Waals surface area contributed by atoms with Gasteiger partial charge in [-0.1, -0.05) is 23.4 Å². The Bertz CT molecular complexity index is 887. The third kappa shape index (κ3) is 4.94. The molecule has 1 amide bonds. The summed E-state index contributed by atoms with van der Waals surface area (Å²) in [7, 11) is 0. The molecule has 1 atom stereocenters. The molecule has 3 rings (SSSR count). The first-order chi connectivity index (χ1) is 13.0. The van der Waals surface area contributed by atoms with Gasteiger partial charge in [-0.2, -0.15) is 0 Å². The molecule has 0 saturated carbocycles. The first-order valence-electron chi connectivity index (χ1n) is 8.86. The van der Waals surface area contributed by atoms with E-state index in [9.17, 15) is 4.79 Å². The molecule has 0 unspecified atom stereocenters. The lowest BCUT2D eigenvalue weighted by atomic mass is 10.1. The van der Waals surface area contributed by atoms with Crippen molar-refractivity contribution in [2.24, 2.45) is 0 Å². The molecule has 0 spiro atoms. The summed E-state index contributed by atoms with van der Waals surface area (Å²) in [6.07, 6.45) is 1.99. The Morgan fingerprint density at radius 2 is 2.07 bits per heavy atom. The number of aromatic nitrogens is 2. The molecule has 1 aromatic carbocycles. The van der Waals surface area contributed by atoms with E-state index in [0.717, 1.165) is 28.3 Å².